The van der Waals surface area contributed by atoms with E-state index >= 15 is 0 Å². The molecule has 1 N–H and O–H groups in total. The molecule has 0 aliphatic carbocycles. The van der Waals surface area contributed by atoms with E-state index in [2.05, 4.69) is 10.3 Å². The predicted molar refractivity (Wildman–Crippen MR) is 66.2 cm³/mol. The summed E-state index contributed by atoms with van der Waals surface area (Å²) in [4.78, 5) is 3.98. The number of hydrogen-bond acceptors (Lipinski definition) is 2. The molecule has 90 valence electrons. The molecule has 0 amide bonds. The van der Waals surface area contributed by atoms with Gasteiger partial charge in [0.25, 0.3) is 0 Å². The first-order valence-electron chi connectivity index (χ1n) is 5.18. The highest BCUT2D eigenvalue weighted by molar-refractivity contribution is 6.30. The number of nitrogens with one attached hydrogen (secondary N) is 1. The molecule has 4 heteroatoms. The maximum atomic E-state index is 5.81. The van der Waals surface area contributed by atoms with Gasteiger partial charge in [-0.05, 0) is 35.4 Å². The molecule has 0 aliphatic rings. The van der Waals surface area contributed by atoms with Crippen molar-refractivity contribution in [3.8, 4) is 0 Å². The first-order valence-corrected chi connectivity index (χ1v) is 5.56. The second-order valence-electron chi connectivity index (χ2n) is 3.59. The fourth-order valence-electron chi connectivity index (χ4n) is 1.45. The molecule has 0 unspecified atom stereocenters. The van der Waals surface area contributed by atoms with Gasteiger partial charge >= 0.3 is 0 Å². The lowest BCUT2D eigenvalue weighted by molar-refractivity contribution is -0.00000323. The normalized spacial score (nSPS) is 9.71. The molecule has 0 aliphatic heterocycles. The minimum atomic E-state index is 0. The number of halogens is 2. The van der Waals surface area contributed by atoms with Crippen molar-refractivity contribution >= 4 is 11.6 Å². The summed E-state index contributed by atoms with van der Waals surface area (Å²) in [7, 11) is 0. The van der Waals surface area contributed by atoms with E-state index in [1.54, 1.807) is 12.4 Å². The van der Waals surface area contributed by atoms with E-state index in [0.29, 0.717) is 0 Å². The number of nitrogens with zero attached hydrogens (tertiary/aromatic N) is 1. The van der Waals surface area contributed by atoms with E-state index in [-0.39, 0.29) is 12.4 Å². The Balaban J connectivity index is 0.00000144. The zero-order chi connectivity index (χ0) is 11.2. The smallest absolute Gasteiger partial charge is 0.0406 e. The van der Waals surface area contributed by atoms with Gasteiger partial charge in [0, 0.05) is 30.5 Å². The maximum Gasteiger partial charge on any atom is 0.0406 e. The summed E-state index contributed by atoms with van der Waals surface area (Å²) in [6, 6.07) is 11.9. The molecule has 0 saturated heterocycles. The zero-order valence-electron chi connectivity index (χ0n) is 9.24. The van der Waals surface area contributed by atoms with Gasteiger partial charge in [-0.1, -0.05) is 23.7 Å². The van der Waals surface area contributed by atoms with Crippen molar-refractivity contribution < 1.29 is 12.4 Å². The van der Waals surface area contributed by atoms with Gasteiger partial charge in [-0.25, -0.2) is 0 Å². The summed E-state index contributed by atoms with van der Waals surface area (Å²) in [6.07, 6.45) is 3.61. The van der Waals surface area contributed by atoms with Gasteiger partial charge < -0.3 is 17.7 Å². The van der Waals surface area contributed by atoms with Crippen LogP contribution in [0.4, 0.5) is 0 Å². The van der Waals surface area contributed by atoms with Crippen LogP contribution in [0.5, 0.6) is 0 Å². The van der Waals surface area contributed by atoms with Crippen molar-refractivity contribution in [3.05, 3.63) is 64.9 Å². The molecular weight excluding hydrogens is 255 g/mol. The quantitative estimate of drug-likeness (QED) is 0.846. The van der Waals surface area contributed by atoms with Crippen molar-refractivity contribution in [1.82, 2.24) is 10.3 Å². The standard InChI is InChI=1S/C13H13ClN2.ClH/c14-13-3-1-11(2-4-13)9-16-10-12-5-7-15-8-6-12;/h1-8,16H,9-10H2;1H/p-1. The molecule has 0 saturated carbocycles. The Morgan fingerprint density at radius 2 is 1.41 bits per heavy atom. The van der Waals surface area contributed by atoms with Gasteiger partial charge in [0.1, 0.15) is 0 Å². The lowest BCUT2D eigenvalue weighted by atomic mass is 10.2. The first kappa shape index (κ1) is 14.0. The molecule has 0 fully saturated rings. The number of aromatic nitrogens is 1. The van der Waals surface area contributed by atoms with Gasteiger partial charge in [-0.2, -0.15) is 0 Å². The topological polar surface area (TPSA) is 24.9 Å². The van der Waals surface area contributed by atoms with Gasteiger partial charge in [0.05, 0.1) is 0 Å². The lowest BCUT2D eigenvalue weighted by Crippen LogP contribution is -3.00. The van der Waals surface area contributed by atoms with Gasteiger partial charge in [0.15, 0.2) is 0 Å². The SMILES string of the molecule is Clc1ccc(CNCc2ccncc2)cc1.[Cl-]. The molecule has 2 rings (SSSR count). The third-order valence-corrected chi connectivity index (χ3v) is 2.57. The first-order chi connectivity index (χ1) is 7.84. The summed E-state index contributed by atoms with van der Waals surface area (Å²) in [6.45, 7) is 1.70. The van der Waals surface area contributed by atoms with Crippen LogP contribution in [0.3, 0.4) is 0 Å². The Bertz CT molecular complexity index is 429. The van der Waals surface area contributed by atoms with Crippen LogP contribution < -0.4 is 17.7 Å². The Labute approximate surface area is 112 Å². The van der Waals surface area contributed by atoms with Gasteiger partial charge in [0.2, 0.25) is 0 Å². The van der Waals surface area contributed by atoms with Crippen molar-refractivity contribution in [2.24, 2.45) is 0 Å². The van der Waals surface area contributed by atoms with Crippen LogP contribution in [0.15, 0.2) is 48.8 Å². The highest BCUT2D eigenvalue weighted by Gasteiger charge is 1.94. The van der Waals surface area contributed by atoms with E-state index in [4.69, 9.17) is 11.6 Å². The molecule has 0 radical (unpaired) electrons. The number of benzene rings is 1. The van der Waals surface area contributed by atoms with Crippen LogP contribution >= 0.6 is 11.6 Å². The van der Waals surface area contributed by atoms with E-state index in [9.17, 15) is 0 Å². The molecule has 1 aromatic carbocycles. The average molecular weight is 268 g/mol. The van der Waals surface area contributed by atoms with Gasteiger partial charge in [-0.15, -0.1) is 0 Å². The average Bonchev–Trinajstić information content (AvgIpc) is 2.33. The molecule has 1 heterocycles. The molecule has 1 aromatic heterocycles. The highest BCUT2D eigenvalue weighted by Crippen LogP contribution is 2.09. The summed E-state index contributed by atoms with van der Waals surface area (Å²) in [5.41, 5.74) is 2.47. The molecule has 2 aromatic rings. The van der Waals surface area contributed by atoms with Gasteiger partial charge in [-0.3, -0.25) is 4.98 Å². The third kappa shape index (κ3) is 4.73. The Hall–Kier alpha value is -1.09. The van der Waals surface area contributed by atoms with Crippen molar-refractivity contribution in [2.45, 2.75) is 13.1 Å². The van der Waals surface area contributed by atoms with E-state index < -0.39 is 0 Å². The van der Waals surface area contributed by atoms with Crippen LogP contribution in [0.1, 0.15) is 11.1 Å². The Morgan fingerprint density at radius 3 is 2.00 bits per heavy atom. The minimum Gasteiger partial charge on any atom is -1.00 e. The van der Waals surface area contributed by atoms with E-state index in [0.717, 1.165) is 18.1 Å². The summed E-state index contributed by atoms with van der Waals surface area (Å²) < 4.78 is 0. The van der Waals surface area contributed by atoms with Crippen molar-refractivity contribution in [2.75, 3.05) is 0 Å². The largest absolute Gasteiger partial charge is 1.00 e. The molecule has 0 spiro atoms. The van der Waals surface area contributed by atoms with Crippen LogP contribution in [-0.4, -0.2) is 4.98 Å². The van der Waals surface area contributed by atoms with Crippen molar-refractivity contribution in [3.63, 3.8) is 0 Å². The number of hydrogen-bond donors (Lipinski definition) is 1. The Kier molecular flexibility index (Phi) is 5.98. The highest BCUT2D eigenvalue weighted by atomic mass is 35.5. The minimum absolute atomic E-state index is 0. The van der Waals surface area contributed by atoms with Crippen LogP contribution in [0, 0.1) is 0 Å². The second-order valence-corrected chi connectivity index (χ2v) is 4.02. The van der Waals surface area contributed by atoms with Crippen LogP contribution in [-0.2, 0) is 13.1 Å². The second kappa shape index (κ2) is 7.28. The number of rotatable bonds is 4. The van der Waals surface area contributed by atoms with Crippen LogP contribution in [0.2, 0.25) is 5.02 Å². The fourth-order valence-corrected chi connectivity index (χ4v) is 1.58. The molecule has 0 atom stereocenters. The molecule has 17 heavy (non-hydrogen) atoms. The van der Waals surface area contributed by atoms with E-state index in [1.165, 1.54) is 11.1 Å². The Morgan fingerprint density at radius 1 is 0.882 bits per heavy atom. The van der Waals surface area contributed by atoms with E-state index in [1.807, 2.05) is 36.4 Å². The predicted octanol–water partition coefficient (Wildman–Crippen LogP) is 0.0288. The van der Waals surface area contributed by atoms with Crippen LogP contribution in [0.25, 0.3) is 0 Å². The molecular formula is C13H13Cl2N2-. The summed E-state index contributed by atoms with van der Waals surface area (Å²) in [5, 5.41) is 4.14. The third-order valence-electron chi connectivity index (χ3n) is 2.32. The molecule has 0 bridgehead atoms. The molecule has 2 nitrogen and oxygen atoms in total. The zero-order valence-corrected chi connectivity index (χ0v) is 10.7. The van der Waals surface area contributed by atoms with Crippen molar-refractivity contribution in [1.29, 1.82) is 0 Å². The maximum absolute atomic E-state index is 5.81. The number of pyridine rings is 1. The summed E-state index contributed by atoms with van der Waals surface area (Å²) >= 11 is 5.81. The fraction of sp³-hybridized carbons (Fsp3) is 0.154. The lowest BCUT2D eigenvalue weighted by Gasteiger charge is -2.04. The monoisotopic (exact) mass is 267 g/mol. The summed E-state index contributed by atoms with van der Waals surface area (Å²) in [5.74, 6) is 0.